The highest BCUT2D eigenvalue weighted by atomic mass is 16.2. The van der Waals surface area contributed by atoms with Crippen molar-refractivity contribution in [1.29, 1.82) is 0 Å². The van der Waals surface area contributed by atoms with Crippen molar-refractivity contribution < 1.29 is 4.79 Å². The lowest BCUT2D eigenvalue weighted by Crippen LogP contribution is -2.50. The molecule has 20 heavy (non-hydrogen) atoms. The fraction of sp³-hybridized carbons (Fsp3) is 0.588. The van der Waals surface area contributed by atoms with E-state index in [0.717, 1.165) is 31.6 Å². The van der Waals surface area contributed by atoms with Crippen molar-refractivity contribution in [3.63, 3.8) is 0 Å². The number of carbonyl (C=O) groups is 1. The third kappa shape index (κ3) is 2.05. The van der Waals surface area contributed by atoms with Gasteiger partial charge in [-0.3, -0.25) is 4.79 Å². The quantitative estimate of drug-likeness (QED) is 0.785. The SMILES string of the molecule is CC(C)N1CCC2(CC1)CC(=O)N(C)c1ccccc12. The molecule has 3 nitrogen and oxygen atoms in total. The van der Waals surface area contributed by atoms with Crippen molar-refractivity contribution in [2.24, 2.45) is 0 Å². The van der Waals surface area contributed by atoms with Crippen LogP contribution < -0.4 is 4.90 Å². The Morgan fingerprint density at radius 1 is 1.15 bits per heavy atom. The second-order valence-electron chi connectivity index (χ2n) is 6.56. The van der Waals surface area contributed by atoms with E-state index in [9.17, 15) is 4.79 Å². The number of amides is 1. The summed E-state index contributed by atoms with van der Waals surface area (Å²) < 4.78 is 0. The monoisotopic (exact) mass is 272 g/mol. The second kappa shape index (κ2) is 4.88. The van der Waals surface area contributed by atoms with Crippen LogP contribution in [-0.4, -0.2) is 37.0 Å². The predicted molar refractivity (Wildman–Crippen MR) is 82.1 cm³/mol. The average molecular weight is 272 g/mol. The van der Waals surface area contributed by atoms with Crippen molar-refractivity contribution in [3.8, 4) is 0 Å². The summed E-state index contributed by atoms with van der Waals surface area (Å²) in [7, 11) is 1.90. The van der Waals surface area contributed by atoms with Crippen LogP contribution in [0.2, 0.25) is 0 Å². The van der Waals surface area contributed by atoms with Gasteiger partial charge in [0.25, 0.3) is 0 Å². The van der Waals surface area contributed by atoms with Crippen LogP contribution in [0, 0.1) is 0 Å². The largest absolute Gasteiger partial charge is 0.315 e. The molecule has 0 bridgehead atoms. The van der Waals surface area contributed by atoms with Crippen LogP contribution in [0.15, 0.2) is 24.3 Å². The molecule has 1 aromatic rings. The van der Waals surface area contributed by atoms with Crippen LogP contribution in [-0.2, 0) is 10.2 Å². The van der Waals surface area contributed by atoms with E-state index in [1.807, 2.05) is 18.0 Å². The number of likely N-dealkylation sites (tertiary alicyclic amines) is 1. The number of anilines is 1. The van der Waals surface area contributed by atoms with Gasteiger partial charge >= 0.3 is 0 Å². The molecule has 0 N–H and O–H groups in total. The third-order valence-electron chi connectivity index (χ3n) is 5.19. The minimum absolute atomic E-state index is 0.0750. The Hall–Kier alpha value is -1.35. The van der Waals surface area contributed by atoms with Gasteiger partial charge in [0.15, 0.2) is 0 Å². The number of fused-ring (bicyclic) bond motifs is 2. The Morgan fingerprint density at radius 3 is 2.45 bits per heavy atom. The van der Waals surface area contributed by atoms with Crippen LogP contribution in [0.25, 0.3) is 0 Å². The van der Waals surface area contributed by atoms with E-state index in [1.54, 1.807) is 0 Å². The maximum atomic E-state index is 12.4. The topological polar surface area (TPSA) is 23.6 Å². The zero-order valence-corrected chi connectivity index (χ0v) is 12.7. The molecular weight excluding hydrogens is 248 g/mol. The number of para-hydroxylation sites is 1. The summed E-state index contributed by atoms with van der Waals surface area (Å²) in [6, 6.07) is 9.06. The van der Waals surface area contributed by atoms with Crippen molar-refractivity contribution in [3.05, 3.63) is 29.8 Å². The van der Waals surface area contributed by atoms with Crippen LogP contribution in [0.4, 0.5) is 5.69 Å². The Labute approximate surface area is 121 Å². The molecule has 0 radical (unpaired) electrons. The van der Waals surface area contributed by atoms with Crippen LogP contribution in [0.1, 0.15) is 38.7 Å². The normalized spacial score (nSPS) is 22.4. The highest BCUT2D eigenvalue weighted by molar-refractivity contribution is 5.97. The van der Waals surface area contributed by atoms with Gasteiger partial charge in [0.1, 0.15) is 0 Å². The number of nitrogens with zero attached hydrogens (tertiary/aromatic N) is 2. The van der Waals surface area contributed by atoms with Crippen molar-refractivity contribution in [1.82, 2.24) is 4.90 Å². The molecule has 3 rings (SSSR count). The molecule has 1 amide bonds. The summed E-state index contributed by atoms with van der Waals surface area (Å²) in [5, 5.41) is 0. The molecule has 0 atom stereocenters. The van der Waals surface area contributed by atoms with Crippen LogP contribution in [0.5, 0.6) is 0 Å². The number of piperidine rings is 1. The molecule has 0 aromatic heterocycles. The minimum atomic E-state index is 0.0750. The Bertz CT molecular complexity index is 515. The molecular formula is C17H24N2O. The first-order valence-corrected chi connectivity index (χ1v) is 7.64. The summed E-state index contributed by atoms with van der Waals surface area (Å²) in [5.41, 5.74) is 2.57. The molecule has 2 heterocycles. The van der Waals surface area contributed by atoms with Gasteiger partial charge in [-0.15, -0.1) is 0 Å². The van der Waals surface area contributed by atoms with E-state index in [0.29, 0.717) is 12.5 Å². The van der Waals surface area contributed by atoms with E-state index in [1.165, 1.54) is 5.56 Å². The van der Waals surface area contributed by atoms with Crippen LogP contribution in [0.3, 0.4) is 0 Å². The molecule has 2 aliphatic rings. The number of rotatable bonds is 1. The molecule has 3 heteroatoms. The van der Waals surface area contributed by atoms with Crippen molar-refractivity contribution in [2.45, 2.75) is 44.6 Å². The first kappa shape index (κ1) is 13.6. The van der Waals surface area contributed by atoms with Gasteiger partial charge in [0.2, 0.25) is 5.91 Å². The molecule has 0 aliphatic carbocycles. The molecule has 1 fully saturated rings. The van der Waals surface area contributed by atoms with E-state index >= 15 is 0 Å². The molecule has 2 aliphatic heterocycles. The number of carbonyl (C=O) groups excluding carboxylic acids is 1. The van der Waals surface area contributed by atoms with E-state index in [-0.39, 0.29) is 11.3 Å². The highest BCUT2D eigenvalue weighted by Gasteiger charge is 2.44. The van der Waals surface area contributed by atoms with Gasteiger partial charge in [-0.05, 0) is 51.4 Å². The van der Waals surface area contributed by atoms with Gasteiger partial charge in [-0.2, -0.15) is 0 Å². The lowest BCUT2D eigenvalue weighted by atomic mass is 9.67. The van der Waals surface area contributed by atoms with E-state index in [4.69, 9.17) is 0 Å². The summed E-state index contributed by atoms with van der Waals surface area (Å²) in [6.45, 7) is 6.71. The fourth-order valence-electron chi connectivity index (χ4n) is 3.77. The standard InChI is InChI=1S/C17H24N2O/c1-13(2)19-10-8-17(9-11-19)12-16(20)18(3)15-7-5-4-6-14(15)17/h4-7,13H,8-12H2,1-3H3. The second-order valence-corrected chi connectivity index (χ2v) is 6.56. The summed E-state index contributed by atoms with van der Waals surface area (Å²) in [5.74, 6) is 0.265. The van der Waals surface area contributed by atoms with Crippen molar-refractivity contribution in [2.75, 3.05) is 25.0 Å². The van der Waals surface area contributed by atoms with E-state index in [2.05, 4.69) is 36.9 Å². The zero-order valence-electron chi connectivity index (χ0n) is 12.7. The predicted octanol–water partition coefficient (Wildman–Crippen LogP) is 2.80. The lowest BCUT2D eigenvalue weighted by Gasteiger charge is -2.47. The summed E-state index contributed by atoms with van der Waals surface area (Å²) >= 11 is 0. The fourth-order valence-corrected chi connectivity index (χ4v) is 3.77. The lowest BCUT2D eigenvalue weighted by molar-refractivity contribution is -0.120. The molecule has 0 saturated carbocycles. The zero-order chi connectivity index (χ0) is 14.3. The Morgan fingerprint density at radius 2 is 1.80 bits per heavy atom. The minimum Gasteiger partial charge on any atom is -0.315 e. The van der Waals surface area contributed by atoms with Gasteiger partial charge in [0.05, 0.1) is 0 Å². The molecule has 1 saturated heterocycles. The average Bonchev–Trinajstić information content (AvgIpc) is 2.46. The highest BCUT2D eigenvalue weighted by Crippen LogP contribution is 2.46. The van der Waals surface area contributed by atoms with Gasteiger partial charge in [-0.25, -0.2) is 0 Å². The third-order valence-corrected chi connectivity index (χ3v) is 5.19. The van der Waals surface area contributed by atoms with Gasteiger partial charge in [-0.1, -0.05) is 18.2 Å². The number of hydrogen-bond donors (Lipinski definition) is 0. The maximum Gasteiger partial charge on any atom is 0.227 e. The first-order chi connectivity index (χ1) is 9.53. The molecule has 0 unspecified atom stereocenters. The van der Waals surface area contributed by atoms with E-state index < -0.39 is 0 Å². The van der Waals surface area contributed by atoms with Crippen molar-refractivity contribution >= 4 is 11.6 Å². The molecule has 1 spiro atoms. The van der Waals surface area contributed by atoms with Crippen LogP contribution >= 0.6 is 0 Å². The summed E-state index contributed by atoms with van der Waals surface area (Å²) in [4.78, 5) is 16.7. The van der Waals surface area contributed by atoms with Gasteiger partial charge < -0.3 is 9.80 Å². The maximum absolute atomic E-state index is 12.4. The first-order valence-electron chi connectivity index (χ1n) is 7.64. The number of hydrogen-bond acceptors (Lipinski definition) is 2. The number of benzene rings is 1. The molecule has 108 valence electrons. The molecule has 1 aromatic carbocycles. The van der Waals surface area contributed by atoms with Gasteiger partial charge in [0, 0.05) is 30.6 Å². The summed E-state index contributed by atoms with van der Waals surface area (Å²) in [6.07, 6.45) is 2.87. The Kier molecular flexibility index (Phi) is 3.33. The Balaban J connectivity index is 1.95. The smallest absolute Gasteiger partial charge is 0.227 e.